The molecule has 0 aliphatic heterocycles. The fourth-order valence-electron chi connectivity index (χ4n) is 4.53. The molecule has 3 rings (SSSR count). The first-order valence-corrected chi connectivity index (χ1v) is 12.6. The average molecular weight is 515 g/mol. The number of anilines is 3. The summed E-state index contributed by atoms with van der Waals surface area (Å²) < 4.78 is 48.2. The molecule has 0 saturated heterocycles. The number of nitrogens with zero attached hydrogens (tertiary/aromatic N) is 3. The third-order valence-corrected chi connectivity index (χ3v) is 6.91. The van der Waals surface area contributed by atoms with Gasteiger partial charge in [-0.1, -0.05) is 26.8 Å². The minimum absolute atomic E-state index is 0.0363. The lowest BCUT2D eigenvalue weighted by Crippen LogP contribution is -2.41. The van der Waals surface area contributed by atoms with Crippen molar-refractivity contribution in [2.24, 2.45) is 5.92 Å². The largest absolute Gasteiger partial charge is 0.481 e. The summed E-state index contributed by atoms with van der Waals surface area (Å²) in [7, 11) is 1.73. The van der Waals surface area contributed by atoms with Gasteiger partial charge >= 0.3 is 12.1 Å². The summed E-state index contributed by atoms with van der Waals surface area (Å²) in [5.41, 5.74) is 2.24. The van der Waals surface area contributed by atoms with Gasteiger partial charge in [0.15, 0.2) is 0 Å². The Labute approximate surface area is 207 Å². The van der Waals surface area contributed by atoms with Gasteiger partial charge in [0.25, 0.3) is 0 Å². The maximum atomic E-state index is 13.1. The number of nitrogens with one attached hydrogen (secondary N) is 1. The van der Waals surface area contributed by atoms with E-state index in [1.807, 2.05) is 25.1 Å². The Bertz CT molecular complexity index is 991. The smallest absolute Gasteiger partial charge is 0.452 e. The molecular weight excluding hydrogens is 481 g/mol. The second-order valence-corrected chi connectivity index (χ2v) is 10.3. The molecule has 1 heterocycles. The maximum Gasteiger partial charge on any atom is 0.452 e. The highest BCUT2D eigenvalue weighted by Crippen LogP contribution is 2.38. The SMILES string of the molecule is COC1CCC(N(CC(C)C)c2ccc([C@H](C)CC(=O)O)cc2Nc2nc(C(F)(F)F)ns2)CC1. The van der Waals surface area contributed by atoms with E-state index in [1.54, 1.807) is 7.11 Å². The molecule has 7 nitrogen and oxygen atoms in total. The Morgan fingerprint density at radius 2 is 1.94 bits per heavy atom. The Morgan fingerprint density at radius 1 is 1.26 bits per heavy atom. The molecule has 1 aromatic heterocycles. The maximum absolute atomic E-state index is 13.1. The molecule has 35 heavy (non-hydrogen) atoms. The summed E-state index contributed by atoms with van der Waals surface area (Å²) in [6.07, 6.45) is -0.661. The molecular formula is C24H33F3N4O3S. The van der Waals surface area contributed by atoms with Crippen LogP contribution >= 0.6 is 11.5 Å². The Balaban J connectivity index is 1.99. The number of aliphatic carboxylic acids is 1. The van der Waals surface area contributed by atoms with Crippen LogP contribution in [0.25, 0.3) is 0 Å². The minimum atomic E-state index is -4.62. The van der Waals surface area contributed by atoms with Crippen LogP contribution in [0.15, 0.2) is 18.2 Å². The highest BCUT2D eigenvalue weighted by molar-refractivity contribution is 7.09. The molecule has 1 aliphatic rings. The average Bonchev–Trinajstić information content (AvgIpc) is 3.26. The van der Waals surface area contributed by atoms with Crippen molar-refractivity contribution >= 4 is 34.0 Å². The zero-order valence-corrected chi connectivity index (χ0v) is 21.2. The van der Waals surface area contributed by atoms with Gasteiger partial charge in [0.2, 0.25) is 11.0 Å². The van der Waals surface area contributed by atoms with Crippen molar-refractivity contribution in [3.05, 3.63) is 29.6 Å². The van der Waals surface area contributed by atoms with Crippen molar-refractivity contribution in [2.45, 2.75) is 77.1 Å². The Morgan fingerprint density at radius 3 is 2.49 bits per heavy atom. The van der Waals surface area contributed by atoms with Gasteiger partial charge in [-0.25, -0.2) is 0 Å². The van der Waals surface area contributed by atoms with E-state index < -0.39 is 18.0 Å². The van der Waals surface area contributed by atoms with Crippen LogP contribution in [-0.2, 0) is 15.7 Å². The number of carboxylic acid groups (broad SMARTS) is 1. The first-order valence-electron chi connectivity index (χ1n) is 11.8. The van der Waals surface area contributed by atoms with E-state index >= 15 is 0 Å². The summed E-state index contributed by atoms with van der Waals surface area (Å²) in [5.74, 6) is -2.00. The molecule has 1 saturated carbocycles. The zero-order chi connectivity index (χ0) is 25.8. The lowest BCUT2D eigenvalue weighted by atomic mass is 9.90. The number of ether oxygens (including phenoxy) is 1. The molecule has 194 valence electrons. The highest BCUT2D eigenvalue weighted by Gasteiger charge is 2.36. The molecule has 1 aliphatic carbocycles. The molecule has 0 amide bonds. The van der Waals surface area contributed by atoms with Gasteiger partial charge in [0.05, 0.1) is 23.9 Å². The quantitative estimate of drug-likeness (QED) is 0.385. The van der Waals surface area contributed by atoms with Crippen LogP contribution in [0.5, 0.6) is 0 Å². The van der Waals surface area contributed by atoms with Crippen LogP contribution < -0.4 is 10.2 Å². The number of hydrogen-bond donors (Lipinski definition) is 2. The number of carbonyl (C=O) groups is 1. The normalized spacial score (nSPS) is 19.5. The van der Waals surface area contributed by atoms with E-state index in [0.717, 1.165) is 43.5 Å². The third kappa shape index (κ3) is 7.30. The lowest BCUT2D eigenvalue weighted by molar-refractivity contribution is -0.144. The molecule has 1 atom stereocenters. The van der Waals surface area contributed by atoms with E-state index in [0.29, 0.717) is 23.1 Å². The van der Waals surface area contributed by atoms with Crippen molar-refractivity contribution in [3.63, 3.8) is 0 Å². The van der Waals surface area contributed by atoms with Gasteiger partial charge in [-0.2, -0.15) is 22.5 Å². The first-order chi connectivity index (χ1) is 16.5. The molecule has 11 heteroatoms. The fraction of sp³-hybridized carbons (Fsp3) is 0.625. The predicted octanol–water partition coefficient (Wildman–Crippen LogP) is 6.30. The second-order valence-electron chi connectivity index (χ2n) is 9.53. The number of alkyl halides is 3. The van der Waals surface area contributed by atoms with E-state index in [-0.39, 0.29) is 29.6 Å². The fourth-order valence-corrected chi connectivity index (χ4v) is 5.13. The van der Waals surface area contributed by atoms with Crippen molar-refractivity contribution in [1.82, 2.24) is 9.36 Å². The van der Waals surface area contributed by atoms with Crippen molar-refractivity contribution in [1.29, 1.82) is 0 Å². The van der Waals surface area contributed by atoms with Gasteiger partial charge in [-0.3, -0.25) is 4.79 Å². The molecule has 0 unspecified atom stereocenters. The van der Waals surface area contributed by atoms with E-state index in [4.69, 9.17) is 4.74 Å². The summed E-state index contributed by atoms with van der Waals surface area (Å²) in [4.78, 5) is 17.2. The summed E-state index contributed by atoms with van der Waals surface area (Å²) >= 11 is 0.648. The first kappa shape index (κ1) is 27.2. The van der Waals surface area contributed by atoms with Crippen LogP contribution in [0.3, 0.4) is 0 Å². The minimum Gasteiger partial charge on any atom is -0.481 e. The van der Waals surface area contributed by atoms with Crippen LogP contribution in [-0.4, -0.2) is 46.2 Å². The van der Waals surface area contributed by atoms with Gasteiger partial charge in [0, 0.05) is 31.2 Å². The predicted molar refractivity (Wildman–Crippen MR) is 131 cm³/mol. The Kier molecular flexibility index (Phi) is 8.98. The van der Waals surface area contributed by atoms with Crippen molar-refractivity contribution in [2.75, 3.05) is 23.9 Å². The number of halogens is 3. The van der Waals surface area contributed by atoms with Gasteiger partial charge in [0.1, 0.15) is 0 Å². The van der Waals surface area contributed by atoms with E-state index in [2.05, 4.69) is 33.4 Å². The number of aromatic nitrogens is 2. The molecule has 1 fully saturated rings. The molecule has 2 N–H and O–H groups in total. The standard InChI is InChI=1S/C24H33F3N4O3S/c1-14(2)13-31(17-6-8-18(34-4)9-7-17)20-10-5-16(15(3)11-21(32)33)12-19(20)28-23-29-22(30-35-23)24(25,26)27/h5,10,12,14-15,17-18H,6-9,11,13H2,1-4H3,(H,32,33)(H,28,29,30)/t15-,17?,18?/m1/s1. The Hall–Kier alpha value is -2.40. The number of benzene rings is 1. The zero-order valence-electron chi connectivity index (χ0n) is 20.4. The molecule has 0 spiro atoms. The van der Waals surface area contributed by atoms with Gasteiger partial charge in [-0.15, -0.1) is 0 Å². The molecule has 0 radical (unpaired) electrons. The molecule has 2 aromatic rings. The number of rotatable bonds is 10. The third-order valence-electron chi connectivity index (χ3n) is 6.28. The monoisotopic (exact) mass is 514 g/mol. The van der Waals surface area contributed by atoms with Crippen LogP contribution in [0.1, 0.15) is 70.2 Å². The van der Waals surface area contributed by atoms with E-state index in [9.17, 15) is 23.1 Å². The lowest BCUT2D eigenvalue weighted by Gasteiger charge is -2.40. The molecule has 1 aromatic carbocycles. The van der Waals surface area contributed by atoms with E-state index in [1.165, 1.54) is 0 Å². The van der Waals surface area contributed by atoms with Crippen molar-refractivity contribution < 1.29 is 27.8 Å². The summed E-state index contributed by atoms with van der Waals surface area (Å²) in [6, 6.07) is 5.92. The number of hydrogen-bond acceptors (Lipinski definition) is 7. The summed E-state index contributed by atoms with van der Waals surface area (Å²) in [5, 5.41) is 12.3. The highest BCUT2D eigenvalue weighted by atomic mass is 32.1. The van der Waals surface area contributed by atoms with Crippen LogP contribution in [0.2, 0.25) is 0 Å². The number of carboxylic acids is 1. The van der Waals surface area contributed by atoms with Crippen LogP contribution in [0, 0.1) is 5.92 Å². The van der Waals surface area contributed by atoms with Crippen LogP contribution in [0.4, 0.5) is 29.7 Å². The molecule has 0 bridgehead atoms. The number of methoxy groups -OCH3 is 1. The summed E-state index contributed by atoms with van der Waals surface area (Å²) in [6.45, 7) is 6.84. The second kappa shape index (κ2) is 11.6. The van der Waals surface area contributed by atoms with Gasteiger partial charge < -0.3 is 20.1 Å². The van der Waals surface area contributed by atoms with Crippen molar-refractivity contribution in [3.8, 4) is 0 Å². The topological polar surface area (TPSA) is 87.6 Å². The van der Waals surface area contributed by atoms with Gasteiger partial charge in [-0.05, 0) is 55.2 Å².